The zero-order chi connectivity index (χ0) is 24.9. The number of rotatable bonds is 7. The van der Waals surface area contributed by atoms with Gasteiger partial charge in [-0.25, -0.2) is 18.0 Å². The van der Waals surface area contributed by atoms with Gasteiger partial charge in [0.2, 0.25) is 0 Å². The molecule has 4 nitrogen and oxygen atoms in total. The van der Waals surface area contributed by atoms with Crippen molar-refractivity contribution in [3.05, 3.63) is 107 Å². The lowest BCUT2D eigenvalue weighted by atomic mass is 10.0. The van der Waals surface area contributed by atoms with Gasteiger partial charge in [0, 0.05) is 17.2 Å². The molecule has 178 valence electrons. The summed E-state index contributed by atoms with van der Waals surface area (Å²) in [6, 6.07) is 19.2. The lowest BCUT2D eigenvalue weighted by Crippen LogP contribution is -2.12. The van der Waals surface area contributed by atoms with Crippen LogP contribution in [0.3, 0.4) is 0 Å². The van der Waals surface area contributed by atoms with Crippen molar-refractivity contribution >= 4 is 5.97 Å². The Bertz CT molecular complexity index is 1350. The zero-order valence-electron chi connectivity index (χ0n) is 18.7. The van der Waals surface area contributed by atoms with E-state index in [1.165, 1.54) is 24.3 Å². The van der Waals surface area contributed by atoms with Crippen molar-refractivity contribution < 1.29 is 32.5 Å². The molecule has 0 aromatic heterocycles. The van der Waals surface area contributed by atoms with Crippen LogP contribution in [-0.4, -0.2) is 17.7 Å². The Morgan fingerprint density at radius 3 is 2.00 bits per heavy atom. The maximum absolute atomic E-state index is 14.7. The number of aliphatic hydroxyl groups is 1. The van der Waals surface area contributed by atoms with Crippen LogP contribution >= 0.6 is 0 Å². The van der Waals surface area contributed by atoms with Crippen molar-refractivity contribution in [1.82, 2.24) is 0 Å². The quantitative estimate of drug-likeness (QED) is 0.242. The smallest absolute Gasteiger partial charge is 0.346 e. The van der Waals surface area contributed by atoms with Crippen molar-refractivity contribution in [3.8, 4) is 33.8 Å². The minimum Gasteiger partial charge on any atom is -0.494 e. The van der Waals surface area contributed by atoms with Crippen LogP contribution in [0.1, 0.15) is 22.8 Å². The topological polar surface area (TPSA) is 55.8 Å². The predicted molar refractivity (Wildman–Crippen MR) is 126 cm³/mol. The minimum atomic E-state index is -1.33. The minimum absolute atomic E-state index is 0.0229. The molecule has 0 spiro atoms. The van der Waals surface area contributed by atoms with E-state index in [1.807, 2.05) is 0 Å². The number of carbonyl (C=O) groups is 1. The highest BCUT2D eigenvalue weighted by Gasteiger charge is 2.21. The van der Waals surface area contributed by atoms with Crippen molar-refractivity contribution in [2.24, 2.45) is 0 Å². The fourth-order valence-corrected chi connectivity index (χ4v) is 3.57. The summed E-state index contributed by atoms with van der Waals surface area (Å²) in [5.41, 5.74) is 1.33. The average Bonchev–Trinajstić information content (AvgIpc) is 2.87. The van der Waals surface area contributed by atoms with Gasteiger partial charge in [0.1, 0.15) is 17.3 Å². The first-order valence-corrected chi connectivity index (χ1v) is 10.8. The maximum Gasteiger partial charge on any atom is 0.346 e. The Labute approximate surface area is 200 Å². The van der Waals surface area contributed by atoms with E-state index >= 15 is 0 Å². The first kappa shape index (κ1) is 24.0. The van der Waals surface area contributed by atoms with Crippen molar-refractivity contribution in [3.63, 3.8) is 0 Å². The molecule has 0 unspecified atom stereocenters. The molecule has 7 heteroatoms. The third-order valence-electron chi connectivity index (χ3n) is 5.38. The summed E-state index contributed by atoms with van der Waals surface area (Å²) in [6.45, 7) is 2.06. The second-order valence-corrected chi connectivity index (χ2v) is 7.63. The van der Waals surface area contributed by atoms with E-state index in [9.17, 15) is 18.0 Å². The second kappa shape index (κ2) is 10.4. The molecule has 0 aliphatic carbocycles. The summed E-state index contributed by atoms with van der Waals surface area (Å²) in [4.78, 5) is 12.5. The first-order chi connectivity index (χ1) is 16.9. The van der Waals surface area contributed by atoms with E-state index in [2.05, 4.69) is 0 Å². The molecule has 0 saturated heterocycles. The lowest BCUT2D eigenvalue weighted by molar-refractivity contribution is 0.0728. The molecular weight excluding hydrogens is 457 g/mol. The standard InChI is InChI=1S/C28H21F3O4/c1-2-34-21-11-12-22(25(29)15-21)18-7-9-20(10-8-18)35-28(33)24-14-13-23(26(30)27(24)31)19-5-3-17(16-32)4-6-19/h3-15,32H,2,16H2,1H3. The van der Waals surface area contributed by atoms with Gasteiger partial charge in [0.05, 0.1) is 18.8 Å². The van der Waals surface area contributed by atoms with Crippen LogP contribution in [0.15, 0.2) is 78.9 Å². The molecule has 0 fully saturated rings. The monoisotopic (exact) mass is 478 g/mol. The Hall–Kier alpha value is -4.10. The van der Waals surface area contributed by atoms with Crippen LogP contribution in [0, 0.1) is 17.5 Å². The maximum atomic E-state index is 14.7. The number of halogens is 3. The molecule has 0 bridgehead atoms. The lowest BCUT2D eigenvalue weighted by Gasteiger charge is -2.10. The van der Waals surface area contributed by atoms with Gasteiger partial charge >= 0.3 is 5.97 Å². The molecule has 0 heterocycles. The number of aliphatic hydroxyl groups excluding tert-OH is 1. The van der Waals surface area contributed by atoms with Gasteiger partial charge in [-0.2, -0.15) is 0 Å². The molecular formula is C28H21F3O4. The summed E-state index contributed by atoms with van der Waals surface area (Å²) in [5, 5.41) is 9.12. The Balaban J connectivity index is 1.51. The SMILES string of the molecule is CCOc1ccc(-c2ccc(OC(=O)c3ccc(-c4ccc(CO)cc4)c(F)c3F)cc2)c(F)c1. The van der Waals surface area contributed by atoms with Crippen molar-refractivity contribution in [1.29, 1.82) is 0 Å². The third-order valence-corrected chi connectivity index (χ3v) is 5.38. The highest BCUT2D eigenvalue weighted by Crippen LogP contribution is 2.30. The summed E-state index contributed by atoms with van der Waals surface area (Å²) in [7, 11) is 0. The van der Waals surface area contributed by atoms with E-state index in [0.717, 1.165) is 6.07 Å². The normalized spacial score (nSPS) is 10.8. The Morgan fingerprint density at radius 2 is 1.37 bits per heavy atom. The summed E-state index contributed by atoms with van der Waals surface area (Å²) >= 11 is 0. The second-order valence-electron chi connectivity index (χ2n) is 7.63. The van der Waals surface area contributed by atoms with E-state index in [4.69, 9.17) is 14.6 Å². The number of carbonyl (C=O) groups excluding carboxylic acids is 1. The highest BCUT2D eigenvalue weighted by molar-refractivity contribution is 5.92. The molecule has 0 radical (unpaired) electrons. The van der Waals surface area contributed by atoms with E-state index < -0.39 is 29.0 Å². The van der Waals surface area contributed by atoms with Crippen LogP contribution in [0.5, 0.6) is 11.5 Å². The van der Waals surface area contributed by atoms with Crippen LogP contribution < -0.4 is 9.47 Å². The number of hydrogen-bond donors (Lipinski definition) is 1. The van der Waals surface area contributed by atoms with Crippen LogP contribution in [0.4, 0.5) is 13.2 Å². The van der Waals surface area contributed by atoms with Gasteiger partial charge in [0.25, 0.3) is 0 Å². The van der Waals surface area contributed by atoms with Gasteiger partial charge < -0.3 is 14.6 Å². The van der Waals surface area contributed by atoms with E-state index in [0.29, 0.717) is 34.6 Å². The van der Waals surface area contributed by atoms with Gasteiger partial charge in [-0.05, 0) is 53.9 Å². The molecule has 0 saturated carbocycles. The molecule has 0 aliphatic heterocycles. The molecule has 1 N–H and O–H groups in total. The number of esters is 1. The number of ether oxygens (including phenoxy) is 2. The fraction of sp³-hybridized carbons (Fsp3) is 0.107. The van der Waals surface area contributed by atoms with Crippen molar-refractivity contribution in [2.45, 2.75) is 13.5 Å². The molecule has 0 aliphatic rings. The average molecular weight is 478 g/mol. The molecule has 4 rings (SSSR count). The first-order valence-electron chi connectivity index (χ1n) is 10.8. The van der Waals surface area contributed by atoms with E-state index in [1.54, 1.807) is 55.5 Å². The largest absolute Gasteiger partial charge is 0.494 e. The number of hydrogen-bond acceptors (Lipinski definition) is 4. The Kier molecular flexibility index (Phi) is 7.17. The summed E-state index contributed by atoms with van der Waals surface area (Å²) in [6.07, 6.45) is 0. The zero-order valence-corrected chi connectivity index (χ0v) is 18.7. The fourth-order valence-electron chi connectivity index (χ4n) is 3.57. The Morgan fingerprint density at radius 1 is 0.771 bits per heavy atom. The van der Waals surface area contributed by atoms with Gasteiger partial charge in [-0.3, -0.25) is 0 Å². The molecule has 0 atom stereocenters. The van der Waals surface area contributed by atoms with Crippen LogP contribution in [0.25, 0.3) is 22.3 Å². The highest BCUT2D eigenvalue weighted by atomic mass is 19.2. The summed E-state index contributed by atoms with van der Waals surface area (Å²) in [5.74, 6) is -3.53. The summed E-state index contributed by atoms with van der Waals surface area (Å²) < 4.78 is 54.3. The van der Waals surface area contributed by atoms with E-state index in [-0.39, 0.29) is 17.9 Å². The van der Waals surface area contributed by atoms with Gasteiger partial charge in [-0.15, -0.1) is 0 Å². The van der Waals surface area contributed by atoms with Crippen LogP contribution in [-0.2, 0) is 6.61 Å². The molecule has 4 aromatic rings. The molecule has 0 amide bonds. The molecule has 35 heavy (non-hydrogen) atoms. The van der Waals surface area contributed by atoms with Crippen molar-refractivity contribution in [2.75, 3.05) is 6.61 Å². The van der Waals surface area contributed by atoms with Crippen LogP contribution in [0.2, 0.25) is 0 Å². The third kappa shape index (κ3) is 5.20. The predicted octanol–water partition coefficient (Wildman–Crippen LogP) is 6.55. The van der Waals surface area contributed by atoms with Gasteiger partial charge in [0.15, 0.2) is 11.6 Å². The molecule has 4 aromatic carbocycles. The van der Waals surface area contributed by atoms with Gasteiger partial charge in [-0.1, -0.05) is 42.5 Å². The number of benzene rings is 4.